The Kier molecular flexibility index (Phi) is 9.10. The molecule has 0 saturated heterocycles. The summed E-state index contributed by atoms with van der Waals surface area (Å²) in [6.07, 6.45) is 7.64. The van der Waals surface area contributed by atoms with E-state index < -0.39 is 0 Å². The first kappa shape index (κ1) is 39.6. The van der Waals surface area contributed by atoms with Gasteiger partial charge in [-0.3, -0.25) is 19.9 Å². The number of hydrogen-bond donors (Lipinski definition) is 0. The van der Waals surface area contributed by atoms with Crippen LogP contribution in [0.5, 0.6) is 0 Å². The van der Waals surface area contributed by atoms with Gasteiger partial charge in [-0.25, -0.2) is 0 Å². The first-order valence-electron chi connectivity index (χ1n) is 23.6. The van der Waals surface area contributed by atoms with Gasteiger partial charge in [0.05, 0.1) is 69.0 Å². The number of hydrogen-bond acceptors (Lipinski definition) is 4. The average Bonchev–Trinajstić information content (AvgIpc) is 3.97. The summed E-state index contributed by atoms with van der Waals surface area (Å²) in [4.78, 5) is 19.4. The second kappa shape index (κ2) is 16.1. The molecule has 326 valence electrons. The molecule has 8 aromatic carbocycles. The number of benzene rings is 8. The van der Waals surface area contributed by atoms with Crippen LogP contribution in [0.15, 0.2) is 243 Å². The van der Waals surface area contributed by atoms with E-state index in [1.165, 1.54) is 54.2 Å². The van der Waals surface area contributed by atoms with Crippen LogP contribution in [0, 0.1) is 0 Å². The molecule has 0 saturated carbocycles. The quantitative estimate of drug-likeness (QED) is 0.143. The minimum absolute atomic E-state index is 0.825. The molecule has 14 aromatic rings. The summed E-state index contributed by atoms with van der Waals surface area (Å²) in [5.41, 5.74) is 16.7. The molecule has 0 radical (unpaired) electrons. The fraction of sp³-hybridized carbons (Fsp3) is 0. The number of nitrogens with zero attached hydrogens (tertiary/aromatic N) is 6. The minimum Gasteiger partial charge on any atom is -0.306 e. The van der Waals surface area contributed by atoms with Crippen LogP contribution in [0.2, 0.25) is 0 Å². The van der Waals surface area contributed by atoms with E-state index >= 15 is 0 Å². The van der Waals surface area contributed by atoms with Gasteiger partial charge in [-0.2, -0.15) is 0 Å². The molecule has 6 nitrogen and oxygen atoms in total. The molecule has 0 spiro atoms. The zero-order valence-corrected chi connectivity index (χ0v) is 37.8. The highest BCUT2D eigenvalue weighted by molar-refractivity contribution is 6.35. The molecule has 0 unspecified atom stereocenters. The highest BCUT2D eigenvalue weighted by Crippen LogP contribution is 2.51. The summed E-state index contributed by atoms with van der Waals surface area (Å²) < 4.78 is 4.89. The van der Waals surface area contributed by atoms with Crippen molar-refractivity contribution in [3.8, 4) is 78.9 Å². The maximum absolute atomic E-state index is 5.07. The molecule has 0 aliphatic carbocycles. The van der Waals surface area contributed by atoms with Crippen LogP contribution in [-0.4, -0.2) is 29.1 Å². The third-order valence-corrected chi connectivity index (χ3v) is 13.8. The van der Waals surface area contributed by atoms with Gasteiger partial charge in [0.1, 0.15) is 0 Å². The predicted molar refractivity (Wildman–Crippen MR) is 288 cm³/mol. The fourth-order valence-corrected chi connectivity index (χ4v) is 10.9. The van der Waals surface area contributed by atoms with Gasteiger partial charge in [-0.15, -0.1) is 0 Å². The second-order valence-corrected chi connectivity index (χ2v) is 17.8. The van der Waals surface area contributed by atoms with Gasteiger partial charge in [-0.1, -0.05) is 158 Å². The number of rotatable bonds is 8. The molecule has 6 heterocycles. The summed E-state index contributed by atoms with van der Waals surface area (Å²) in [5, 5.41) is 9.50. The van der Waals surface area contributed by atoms with Gasteiger partial charge in [0, 0.05) is 45.1 Å². The van der Waals surface area contributed by atoms with Crippen molar-refractivity contribution in [2.45, 2.75) is 0 Å². The zero-order chi connectivity index (χ0) is 46.1. The Morgan fingerprint density at radius 3 is 1.01 bits per heavy atom. The van der Waals surface area contributed by atoms with Crippen LogP contribution < -0.4 is 0 Å². The van der Waals surface area contributed by atoms with Crippen molar-refractivity contribution < 1.29 is 0 Å². The molecule has 0 aliphatic heterocycles. The molecule has 0 fully saturated rings. The highest BCUT2D eigenvalue weighted by atomic mass is 15.0. The van der Waals surface area contributed by atoms with Crippen LogP contribution in [0.1, 0.15) is 0 Å². The molecule has 14 rings (SSSR count). The standard InChI is InChI=1S/C64H40N6/c1-5-17-41(18-6-1)59-51-37-45-27-32-50-58-46(28-31-49(57(45)58)63(51)69(61(59)43-21-9-3-10-22-43)47-29-33-55(67-39-47)53-25-13-15-35-65-53)38-52-60(42-19-7-2-8-20-42)62(44-23-11-4-12-24-44)70(64(50)52)48-30-34-56(68-40-48)54-26-14-16-36-66-54/h1-40H. The molecule has 6 aromatic heterocycles. The molecular weight excluding hydrogens is 853 g/mol. The lowest BCUT2D eigenvalue weighted by molar-refractivity contribution is 1.11. The second-order valence-electron chi connectivity index (χ2n) is 17.8. The van der Waals surface area contributed by atoms with Crippen molar-refractivity contribution in [2.24, 2.45) is 0 Å². The molecule has 6 heteroatoms. The molecule has 0 amide bonds. The Hall–Kier alpha value is -9.52. The smallest absolute Gasteiger partial charge is 0.0887 e. The van der Waals surface area contributed by atoms with E-state index in [0.717, 1.165) is 78.8 Å². The first-order chi connectivity index (χ1) is 34.8. The zero-order valence-electron chi connectivity index (χ0n) is 37.8. The molecule has 0 atom stereocenters. The van der Waals surface area contributed by atoms with Gasteiger partial charge in [0.25, 0.3) is 0 Å². The van der Waals surface area contributed by atoms with E-state index in [-0.39, 0.29) is 0 Å². The lowest BCUT2D eigenvalue weighted by Crippen LogP contribution is -2.00. The van der Waals surface area contributed by atoms with Gasteiger partial charge < -0.3 is 9.13 Å². The van der Waals surface area contributed by atoms with Crippen molar-refractivity contribution in [1.29, 1.82) is 0 Å². The van der Waals surface area contributed by atoms with Crippen molar-refractivity contribution in [3.63, 3.8) is 0 Å². The van der Waals surface area contributed by atoms with E-state index in [4.69, 9.17) is 9.97 Å². The Morgan fingerprint density at radius 1 is 0.286 bits per heavy atom. The third kappa shape index (κ3) is 6.20. The maximum atomic E-state index is 5.07. The predicted octanol–water partition coefficient (Wildman–Crippen LogP) is 16.1. The first-order valence-corrected chi connectivity index (χ1v) is 23.6. The van der Waals surface area contributed by atoms with Crippen molar-refractivity contribution in [2.75, 3.05) is 0 Å². The summed E-state index contributed by atoms with van der Waals surface area (Å²) in [7, 11) is 0. The molecule has 0 bridgehead atoms. The molecule has 70 heavy (non-hydrogen) atoms. The van der Waals surface area contributed by atoms with Crippen LogP contribution in [-0.2, 0) is 0 Å². The van der Waals surface area contributed by atoms with Gasteiger partial charge in [-0.05, 0) is 104 Å². The van der Waals surface area contributed by atoms with E-state index in [1.54, 1.807) is 0 Å². The highest BCUT2D eigenvalue weighted by Gasteiger charge is 2.28. The lowest BCUT2D eigenvalue weighted by atomic mass is 9.89. The van der Waals surface area contributed by atoms with E-state index in [1.807, 2.05) is 61.2 Å². The average molecular weight is 893 g/mol. The van der Waals surface area contributed by atoms with Gasteiger partial charge in [0.2, 0.25) is 0 Å². The number of fused-ring (bicyclic) bond motifs is 4. The SMILES string of the molecule is c1ccc(-c2c(-c3ccccc3)n(-c3ccc(-c4ccccn4)nc3)c3c2cc2ccc4c5c(ccc3c25)cc2c(-c3ccccc3)c(-c3ccccc3)n(-c3ccc(-c5ccccn5)nc3)c24)cc1. The summed E-state index contributed by atoms with van der Waals surface area (Å²) >= 11 is 0. The fourth-order valence-electron chi connectivity index (χ4n) is 10.9. The van der Waals surface area contributed by atoms with Crippen LogP contribution >= 0.6 is 0 Å². The maximum Gasteiger partial charge on any atom is 0.0887 e. The van der Waals surface area contributed by atoms with Gasteiger partial charge >= 0.3 is 0 Å². The Morgan fingerprint density at radius 2 is 0.657 bits per heavy atom. The van der Waals surface area contributed by atoms with E-state index in [0.29, 0.717) is 0 Å². The van der Waals surface area contributed by atoms with Crippen LogP contribution in [0.3, 0.4) is 0 Å². The topological polar surface area (TPSA) is 61.4 Å². The number of aromatic nitrogens is 6. The number of pyridine rings is 4. The van der Waals surface area contributed by atoms with Gasteiger partial charge in [0.15, 0.2) is 0 Å². The normalized spacial score (nSPS) is 11.7. The van der Waals surface area contributed by atoms with Crippen LogP contribution in [0.25, 0.3) is 133 Å². The van der Waals surface area contributed by atoms with Crippen molar-refractivity contribution in [3.05, 3.63) is 243 Å². The van der Waals surface area contributed by atoms with E-state index in [2.05, 4.69) is 201 Å². The summed E-state index contributed by atoms with van der Waals surface area (Å²) in [6, 6.07) is 77.9. The Labute approximate surface area is 403 Å². The summed E-state index contributed by atoms with van der Waals surface area (Å²) in [6.45, 7) is 0. The monoisotopic (exact) mass is 892 g/mol. The van der Waals surface area contributed by atoms with Crippen molar-refractivity contribution in [1.82, 2.24) is 29.1 Å². The molecule has 0 aliphatic rings. The minimum atomic E-state index is 0.825. The largest absolute Gasteiger partial charge is 0.306 e. The Balaban J connectivity index is 1.12. The summed E-state index contributed by atoms with van der Waals surface area (Å²) in [5.74, 6) is 0. The van der Waals surface area contributed by atoms with Crippen molar-refractivity contribution >= 4 is 54.1 Å². The van der Waals surface area contributed by atoms with E-state index in [9.17, 15) is 0 Å². The third-order valence-electron chi connectivity index (χ3n) is 13.8. The molecular formula is C64H40N6. The molecule has 0 N–H and O–H groups in total. The Bertz CT molecular complexity index is 3930. The lowest BCUT2D eigenvalue weighted by Gasteiger charge is -2.17. The van der Waals surface area contributed by atoms with Crippen LogP contribution in [0.4, 0.5) is 0 Å².